The molecule has 0 aliphatic carbocycles. The first-order valence-corrected chi connectivity index (χ1v) is 29.6. The number of hydrogen-bond acceptors (Lipinski definition) is 10. The lowest BCUT2D eigenvalue weighted by Gasteiger charge is -2.34. The van der Waals surface area contributed by atoms with Crippen molar-refractivity contribution in [2.75, 3.05) is 13.2 Å². The largest absolute Gasteiger partial charge is 0.462 e. The second-order valence-corrected chi connectivity index (χ2v) is 24.8. The summed E-state index contributed by atoms with van der Waals surface area (Å²) < 4.78 is 52.4. The Morgan fingerprint density at radius 2 is 0.728 bits per heavy atom. The molecule has 0 unspecified atom stereocenters. The van der Waals surface area contributed by atoms with Gasteiger partial charge in [-0.05, 0) is 101 Å². The number of fused-ring (bicyclic) bond motifs is 14. The molecule has 2 heterocycles. The fraction of sp³-hybridized carbons (Fsp3) is 0.217. The van der Waals surface area contributed by atoms with Crippen molar-refractivity contribution in [2.45, 2.75) is 84.5 Å². The van der Waals surface area contributed by atoms with Gasteiger partial charge in [0.1, 0.15) is 47.0 Å². The van der Waals surface area contributed by atoms with Gasteiger partial charge in [-0.2, -0.15) is 0 Å². The average Bonchev–Trinajstić information content (AvgIpc) is 3.99. The molecule has 0 atom stereocenters. The van der Waals surface area contributed by atoms with Gasteiger partial charge < -0.3 is 35.3 Å². The van der Waals surface area contributed by atoms with Crippen LogP contribution in [0.25, 0.3) is 87.0 Å². The summed E-state index contributed by atoms with van der Waals surface area (Å²) in [4.78, 5) is 26.3. The van der Waals surface area contributed by atoms with E-state index in [0.29, 0.717) is 33.8 Å². The van der Waals surface area contributed by atoms with Crippen molar-refractivity contribution in [3.8, 4) is 11.5 Å². The van der Waals surface area contributed by atoms with E-state index in [9.17, 15) is 9.59 Å². The number of carbonyl (C=O) groups is 2. The number of benzene rings is 10. The van der Waals surface area contributed by atoms with Gasteiger partial charge in [-0.15, -0.1) is 0 Å². The van der Waals surface area contributed by atoms with Gasteiger partial charge in [0.2, 0.25) is 0 Å². The Labute approximate surface area is 471 Å². The first-order valence-electron chi connectivity index (χ1n) is 27.4. The first kappa shape index (κ1) is 53.2. The smallest absolute Gasteiger partial charge is 0.453 e. The predicted octanol–water partition coefficient (Wildman–Crippen LogP) is 20.0. The zero-order chi connectivity index (χ0) is 56.2. The van der Waals surface area contributed by atoms with Crippen LogP contribution in [0.2, 0.25) is 0 Å². The molecule has 0 spiro atoms. The molecule has 408 valence electrons. The van der Waals surface area contributed by atoms with E-state index in [1.165, 1.54) is 0 Å². The van der Waals surface area contributed by atoms with Crippen LogP contribution in [0.3, 0.4) is 0 Å². The molecule has 0 saturated carbocycles. The summed E-state index contributed by atoms with van der Waals surface area (Å²) in [5.74, 6) is 0.349. The minimum atomic E-state index is -2.05. The van der Waals surface area contributed by atoms with Crippen LogP contribution in [0.1, 0.15) is 90.5 Å². The van der Waals surface area contributed by atoms with Crippen LogP contribution in [0.5, 0.6) is 11.5 Å². The summed E-state index contributed by atoms with van der Waals surface area (Å²) >= 11 is 0. The molecule has 10 nitrogen and oxygen atoms in total. The van der Waals surface area contributed by atoms with Crippen molar-refractivity contribution < 1.29 is 44.9 Å². The summed E-state index contributed by atoms with van der Waals surface area (Å²) in [5, 5.41) is 12.3. The molecule has 0 radical (unpaired) electrons. The second-order valence-electron chi connectivity index (χ2n) is 22.9. The summed E-state index contributed by atoms with van der Waals surface area (Å²) in [7, 11) is -4.10. The molecule has 2 aromatic heterocycles. The minimum Gasteiger partial charge on any atom is -0.462 e. The third-order valence-corrected chi connectivity index (χ3v) is 17.4. The quantitative estimate of drug-likeness (QED) is 0.0863. The van der Waals surface area contributed by atoms with Crippen LogP contribution in [0.4, 0.5) is 0 Å². The van der Waals surface area contributed by atoms with Gasteiger partial charge in [0.25, 0.3) is 0 Å². The normalized spacial score (nSPS) is 12.2. The number of carbonyl (C=O) groups excluding carboxylic acids is 2. The van der Waals surface area contributed by atoms with Crippen molar-refractivity contribution in [1.29, 1.82) is 0 Å². The maximum Gasteiger partial charge on any atom is 0.453 e. The van der Waals surface area contributed by atoms with E-state index in [2.05, 4.69) is 133 Å². The number of ether oxygens (including phenoxy) is 2. The van der Waals surface area contributed by atoms with Crippen LogP contribution >= 0.6 is 16.5 Å². The molecule has 0 amide bonds. The topological polar surface area (TPSA) is 124 Å². The van der Waals surface area contributed by atoms with Gasteiger partial charge in [-0.1, -0.05) is 201 Å². The molecule has 0 aliphatic heterocycles. The van der Waals surface area contributed by atoms with Gasteiger partial charge in [-0.3, -0.25) is 9.59 Å². The minimum absolute atomic E-state index is 0.0431. The van der Waals surface area contributed by atoms with E-state index in [-0.39, 0.29) is 32.0 Å². The van der Waals surface area contributed by atoms with Gasteiger partial charge in [-0.25, -0.2) is 0 Å². The standard InChI is InChI=1S/C69H62O10P2/c1-9-61(70)72-38-39-73-62(71)42-69(8,47-30-36-55(53(40-47)67(2,3)4)74-80-76-57-32-26-43-18-10-14-22-49(43)63(57)64-50-23-15-11-19-44(50)27-33-58(64)77-80)48-31-37-56(54(41-48)68(5,6)7)75-81-78-59-34-28-45-20-12-16-24-51(45)65(59)66-52-25-17-13-21-46(52)29-35-60(66)79-81/h10-37,40-41H,9,38-39,42H2,1-8H3. The van der Waals surface area contributed by atoms with Gasteiger partial charge in [0.15, 0.2) is 0 Å². The summed E-state index contributed by atoms with van der Waals surface area (Å²) in [6.45, 7) is 16.5. The van der Waals surface area contributed by atoms with Gasteiger partial charge in [0.05, 0.1) is 6.42 Å². The van der Waals surface area contributed by atoms with E-state index in [4.69, 9.17) is 35.3 Å². The number of rotatable bonds is 12. The molecule has 0 aliphatic rings. The number of esters is 2. The van der Waals surface area contributed by atoms with E-state index < -0.39 is 38.7 Å². The Morgan fingerprint density at radius 1 is 0.407 bits per heavy atom. The summed E-state index contributed by atoms with van der Waals surface area (Å²) in [6.07, 6.45) is 0.174. The maximum atomic E-state index is 14.3. The molecule has 0 saturated heterocycles. The van der Waals surface area contributed by atoms with Crippen molar-refractivity contribution in [3.05, 3.63) is 204 Å². The third kappa shape index (κ3) is 10.3. The third-order valence-electron chi connectivity index (χ3n) is 15.3. The fourth-order valence-corrected chi connectivity index (χ4v) is 13.3. The molecule has 10 aromatic carbocycles. The molecule has 12 rings (SSSR count). The molecule has 0 N–H and O–H groups in total. The predicted molar refractivity (Wildman–Crippen MR) is 328 cm³/mol. The Morgan fingerprint density at radius 3 is 1.05 bits per heavy atom. The van der Waals surface area contributed by atoms with Crippen LogP contribution < -0.4 is 9.05 Å². The van der Waals surface area contributed by atoms with Crippen LogP contribution in [-0.2, 0) is 35.3 Å². The average molecular weight is 1110 g/mol. The highest BCUT2D eigenvalue weighted by Crippen LogP contribution is 2.49. The molecule has 12 aromatic rings. The Bertz CT molecular complexity index is 4080. The zero-order valence-electron chi connectivity index (χ0n) is 46.6. The molecular formula is C69H62O10P2. The van der Waals surface area contributed by atoms with Crippen LogP contribution in [0.15, 0.2) is 199 Å². The maximum absolute atomic E-state index is 14.3. The van der Waals surface area contributed by atoms with E-state index in [1.54, 1.807) is 6.92 Å². The van der Waals surface area contributed by atoms with Crippen molar-refractivity contribution in [1.82, 2.24) is 0 Å². The van der Waals surface area contributed by atoms with E-state index >= 15 is 0 Å². The zero-order valence-corrected chi connectivity index (χ0v) is 48.4. The number of hydrogen-bond donors (Lipinski definition) is 0. The summed E-state index contributed by atoms with van der Waals surface area (Å²) in [6, 6.07) is 61.7. The molecule has 81 heavy (non-hydrogen) atoms. The van der Waals surface area contributed by atoms with Crippen LogP contribution in [0, 0.1) is 0 Å². The van der Waals surface area contributed by atoms with E-state index in [0.717, 1.165) is 86.9 Å². The highest BCUT2D eigenvalue weighted by Gasteiger charge is 2.37. The molecule has 0 fully saturated rings. The van der Waals surface area contributed by atoms with Gasteiger partial charge in [0, 0.05) is 44.5 Å². The van der Waals surface area contributed by atoms with Crippen molar-refractivity contribution in [2.24, 2.45) is 0 Å². The second kappa shape index (κ2) is 21.2. The SMILES string of the molecule is CCC(=O)OCCOC(=O)CC(C)(c1ccc(Op2oc3ccc4ccccc4c3c3c(ccc4ccccc43)o2)c(C(C)(C)C)c1)c1ccc(Op2oc3ccc4ccccc4c3c3c(ccc4ccccc43)o2)c(C(C)(C)C)c1. The van der Waals surface area contributed by atoms with E-state index in [1.807, 2.05) is 97.1 Å². The Kier molecular flexibility index (Phi) is 14.0. The molecule has 12 heteroatoms. The lowest BCUT2D eigenvalue weighted by molar-refractivity contribution is -0.152. The fourth-order valence-electron chi connectivity index (χ4n) is 11.1. The van der Waals surface area contributed by atoms with Gasteiger partial charge >= 0.3 is 28.4 Å². The lowest BCUT2D eigenvalue weighted by Crippen LogP contribution is -2.30. The highest BCUT2D eigenvalue weighted by molar-refractivity contribution is 7.32. The Hall–Kier alpha value is -8.42. The lowest BCUT2D eigenvalue weighted by atomic mass is 9.70. The molecular weight excluding hydrogens is 1050 g/mol. The van der Waals surface area contributed by atoms with Crippen molar-refractivity contribution in [3.63, 3.8) is 0 Å². The highest BCUT2D eigenvalue weighted by atomic mass is 31.1. The monoisotopic (exact) mass is 1110 g/mol. The van der Waals surface area contributed by atoms with Crippen LogP contribution in [-0.4, -0.2) is 25.2 Å². The molecule has 0 bridgehead atoms. The van der Waals surface area contributed by atoms with Crippen molar-refractivity contribution >= 4 is 115 Å². The summed E-state index contributed by atoms with van der Waals surface area (Å²) in [5.41, 5.74) is 4.18. The first-order chi connectivity index (χ1) is 39.0. The Balaban J connectivity index is 0.981.